The minimum absolute atomic E-state index is 0.00937. The first-order chi connectivity index (χ1) is 14.0. The average Bonchev–Trinajstić information content (AvgIpc) is 2.99. The van der Waals surface area contributed by atoms with Crippen molar-refractivity contribution in [3.05, 3.63) is 46.8 Å². The second kappa shape index (κ2) is 9.09. The van der Waals surface area contributed by atoms with Gasteiger partial charge in [0, 0.05) is 25.5 Å². The smallest absolute Gasteiger partial charge is 0.355 e. The van der Waals surface area contributed by atoms with Gasteiger partial charge in [0.15, 0.2) is 6.61 Å². The quantitative estimate of drug-likeness (QED) is 0.626. The summed E-state index contributed by atoms with van der Waals surface area (Å²) in [7, 11) is 0.371. The van der Waals surface area contributed by atoms with E-state index in [-0.39, 0.29) is 21.8 Å². The summed E-state index contributed by atoms with van der Waals surface area (Å²) < 4.78 is 35.1. The van der Waals surface area contributed by atoms with Crippen LogP contribution in [0.3, 0.4) is 0 Å². The number of carbonyl (C=O) groups excluding carboxylic acids is 3. The van der Waals surface area contributed by atoms with Crippen LogP contribution in [0.25, 0.3) is 0 Å². The summed E-state index contributed by atoms with van der Waals surface area (Å²) >= 11 is 0. The molecule has 0 saturated heterocycles. The number of aromatic amines is 1. The number of nitrogens with zero attached hydrogens (tertiary/aromatic N) is 1. The first-order valence-corrected chi connectivity index (χ1v) is 10.2. The standard InChI is InChI=1S/C19H23N3O7S/c1-11-16(18(24)28-5)12(2)20-17(11)19(25)29-10-15(23)21-13-7-6-8-14(9-13)30(26,27)22(3)4/h6-9,20H,10H2,1-5H3,(H,21,23). The molecule has 0 unspecified atom stereocenters. The first kappa shape index (κ1) is 23.1. The summed E-state index contributed by atoms with van der Waals surface area (Å²) in [6, 6.07) is 5.70. The number of hydrogen-bond donors (Lipinski definition) is 2. The number of benzene rings is 1. The van der Waals surface area contributed by atoms with Crippen LogP contribution in [0.1, 0.15) is 32.1 Å². The van der Waals surface area contributed by atoms with E-state index in [0.29, 0.717) is 11.3 Å². The fourth-order valence-corrected chi connectivity index (χ4v) is 3.66. The van der Waals surface area contributed by atoms with Crippen LogP contribution >= 0.6 is 0 Å². The number of amides is 1. The Kier molecular flexibility index (Phi) is 7.00. The Hall–Kier alpha value is -3.18. The number of nitrogens with one attached hydrogen (secondary N) is 2. The van der Waals surface area contributed by atoms with Gasteiger partial charge in [0.05, 0.1) is 17.6 Å². The van der Waals surface area contributed by atoms with Crippen molar-refractivity contribution < 1.29 is 32.3 Å². The molecule has 162 valence electrons. The Bertz CT molecular complexity index is 1090. The van der Waals surface area contributed by atoms with Gasteiger partial charge in [-0.05, 0) is 37.6 Å². The lowest BCUT2D eigenvalue weighted by atomic mass is 10.1. The third-order valence-electron chi connectivity index (χ3n) is 4.26. The van der Waals surface area contributed by atoms with E-state index in [4.69, 9.17) is 4.74 Å². The van der Waals surface area contributed by atoms with E-state index in [1.807, 2.05) is 0 Å². The zero-order chi connectivity index (χ0) is 22.6. The summed E-state index contributed by atoms with van der Waals surface area (Å²) in [5.41, 5.74) is 1.30. The summed E-state index contributed by atoms with van der Waals surface area (Å²) in [5.74, 6) is -2.06. The minimum Gasteiger partial charge on any atom is -0.465 e. The van der Waals surface area contributed by atoms with Crippen molar-refractivity contribution >= 4 is 33.6 Å². The lowest BCUT2D eigenvalue weighted by Gasteiger charge is -2.12. The Morgan fingerprint density at radius 2 is 1.80 bits per heavy atom. The average molecular weight is 437 g/mol. The highest BCUT2D eigenvalue weighted by molar-refractivity contribution is 7.89. The molecule has 0 aliphatic carbocycles. The van der Waals surface area contributed by atoms with Crippen LogP contribution in [0.5, 0.6) is 0 Å². The van der Waals surface area contributed by atoms with Crippen molar-refractivity contribution in [1.29, 1.82) is 0 Å². The Balaban J connectivity index is 2.06. The van der Waals surface area contributed by atoms with Crippen LogP contribution in [0.4, 0.5) is 5.69 Å². The second-order valence-electron chi connectivity index (χ2n) is 6.56. The van der Waals surface area contributed by atoms with Crippen LogP contribution in [-0.2, 0) is 24.3 Å². The van der Waals surface area contributed by atoms with Crippen LogP contribution in [0.2, 0.25) is 0 Å². The van der Waals surface area contributed by atoms with Gasteiger partial charge in [-0.1, -0.05) is 6.07 Å². The molecule has 1 heterocycles. The highest BCUT2D eigenvalue weighted by Crippen LogP contribution is 2.20. The predicted octanol–water partition coefficient (Wildman–Crippen LogP) is 1.46. The number of anilines is 1. The fourth-order valence-electron chi connectivity index (χ4n) is 2.71. The van der Waals surface area contributed by atoms with E-state index in [0.717, 1.165) is 4.31 Å². The molecule has 0 bridgehead atoms. The zero-order valence-corrected chi connectivity index (χ0v) is 18.0. The maximum Gasteiger partial charge on any atom is 0.355 e. The molecule has 0 fully saturated rings. The molecule has 2 rings (SSSR count). The number of sulfonamides is 1. The molecule has 1 aromatic heterocycles. The number of methoxy groups -OCH3 is 1. The summed E-state index contributed by atoms with van der Waals surface area (Å²) in [5, 5.41) is 2.48. The van der Waals surface area contributed by atoms with Crippen LogP contribution < -0.4 is 5.32 Å². The van der Waals surface area contributed by atoms with Crippen molar-refractivity contribution in [2.75, 3.05) is 33.1 Å². The molecule has 2 aromatic rings. The third kappa shape index (κ3) is 4.86. The Morgan fingerprint density at radius 3 is 2.40 bits per heavy atom. The first-order valence-electron chi connectivity index (χ1n) is 8.76. The molecule has 10 nitrogen and oxygen atoms in total. The van der Waals surface area contributed by atoms with Gasteiger partial charge in [-0.25, -0.2) is 22.3 Å². The molecule has 2 N–H and O–H groups in total. The number of rotatable bonds is 7. The number of esters is 2. The van der Waals surface area contributed by atoms with Crippen molar-refractivity contribution in [3.8, 4) is 0 Å². The molecule has 0 spiro atoms. The van der Waals surface area contributed by atoms with E-state index in [9.17, 15) is 22.8 Å². The van der Waals surface area contributed by atoms with Gasteiger partial charge in [-0.15, -0.1) is 0 Å². The number of ether oxygens (including phenoxy) is 2. The van der Waals surface area contributed by atoms with Gasteiger partial charge in [0.1, 0.15) is 5.69 Å². The maximum atomic E-state index is 12.3. The molecule has 1 amide bonds. The highest BCUT2D eigenvalue weighted by Gasteiger charge is 2.24. The topological polar surface area (TPSA) is 135 Å². The highest BCUT2D eigenvalue weighted by atomic mass is 32.2. The molecular weight excluding hydrogens is 414 g/mol. The summed E-state index contributed by atoms with van der Waals surface area (Å²) in [4.78, 5) is 39.0. The fraction of sp³-hybridized carbons (Fsp3) is 0.316. The van der Waals surface area contributed by atoms with Gasteiger partial charge in [-0.3, -0.25) is 4.79 Å². The zero-order valence-electron chi connectivity index (χ0n) is 17.2. The third-order valence-corrected chi connectivity index (χ3v) is 6.07. The molecule has 0 atom stereocenters. The van der Waals surface area contributed by atoms with Gasteiger partial charge < -0.3 is 19.8 Å². The van der Waals surface area contributed by atoms with Crippen LogP contribution in [-0.4, -0.2) is 63.4 Å². The number of aromatic nitrogens is 1. The van der Waals surface area contributed by atoms with E-state index < -0.39 is 34.5 Å². The SMILES string of the molecule is COC(=O)c1c(C)[nH]c(C(=O)OCC(=O)Nc2cccc(S(=O)(=O)N(C)C)c2)c1C. The number of H-pyrrole nitrogens is 1. The van der Waals surface area contributed by atoms with Gasteiger partial charge >= 0.3 is 11.9 Å². The van der Waals surface area contributed by atoms with Gasteiger partial charge in [0.2, 0.25) is 10.0 Å². The number of hydrogen-bond acceptors (Lipinski definition) is 7. The lowest BCUT2D eigenvalue weighted by Crippen LogP contribution is -2.23. The van der Waals surface area contributed by atoms with Gasteiger partial charge in [-0.2, -0.15) is 0 Å². The molecule has 0 aliphatic rings. The van der Waals surface area contributed by atoms with E-state index in [1.165, 1.54) is 45.5 Å². The molecule has 0 radical (unpaired) electrons. The monoisotopic (exact) mass is 437 g/mol. The minimum atomic E-state index is -3.66. The molecule has 1 aromatic carbocycles. The van der Waals surface area contributed by atoms with Crippen molar-refractivity contribution in [1.82, 2.24) is 9.29 Å². The second-order valence-corrected chi connectivity index (χ2v) is 8.71. The van der Waals surface area contributed by atoms with Crippen molar-refractivity contribution in [2.24, 2.45) is 0 Å². The predicted molar refractivity (Wildman–Crippen MR) is 108 cm³/mol. The molecule has 30 heavy (non-hydrogen) atoms. The van der Waals surface area contributed by atoms with E-state index >= 15 is 0 Å². The van der Waals surface area contributed by atoms with Crippen LogP contribution in [0, 0.1) is 13.8 Å². The van der Waals surface area contributed by atoms with E-state index in [2.05, 4.69) is 15.0 Å². The molecule has 0 saturated carbocycles. The normalized spacial score (nSPS) is 11.3. The Labute approximate surface area is 174 Å². The van der Waals surface area contributed by atoms with Gasteiger partial charge in [0.25, 0.3) is 5.91 Å². The number of carbonyl (C=O) groups is 3. The van der Waals surface area contributed by atoms with Crippen LogP contribution in [0.15, 0.2) is 29.2 Å². The largest absolute Gasteiger partial charge is 0.465 e. The summed E-state index contributed by atoms with van der Waals surface area (Å²) in [6.07, 6.45) is 0. The number of aryl methyl sites for hydroxylation is 1. The molecule has 11 heteroatoms. The van der Waals surface area contributed by atoms with E-state index in [1.54, 1.807) is 13.8 Å². The van der Waals surface area contributed by atoms with Crippen molar-refractivity contribution in [2.45, 2.75) is 18.7 Å². The summed E-state index contributed by atoms with van der Waals surface area (Å²) in [6.45, 7) is 2.56. The molecule has 0 aliphatic heterocycles. The van der Waals surface area contributed by atoms with Crippen molar-refractivity contribution in [3.63, 3.8) is 0 Å². The molecular formula is C19H23N3O7S. The maximum absolute atomic E-state index is 12.3. The lowest BCUT2D eigenvalue weighted by molar-refractivity contribution is -0.119. The Morgan fingerprint density at radius 1 is 1.13 bits per heavy atom.